The minimum Gasteiger partial charge on any atom is -0.361 e. The van der Waals surface area contributed by atoms with Crippen LogP contribution in [0.25, 0.3) is 21.8 Å². The van der Waals surface area contributed by atoms with E-state index in [1.165, 1.54) is 0 Å². The molecule has 4 aromatic rings. The number of para-hydroxylation sites is 2. The third-order valence-electron chi connectivity index (χ3n) is 3.96. The van der Waals surface area contributed by atoms with Gasteiger partial charge in [0, 0.05) is 28.2 Å². The Morgan fingerprint density at radius 1 is 1.05 bits per heavy atom. The van der Waals surface area contributed by atoms with E-state index in [1.807, 2.05) is 61.7 Å². The summed E-state index contributed by atoms with van der Waals surface area (Å²) in [7, 11) is 0. The van der Waals surface area contributed by atoms with Crippen molar-refractivity contribution < 1.29 is 4.79 Å². The Hall–Kier alpha value is -3.01. The zero-order valence-electron chi connectivity index (χ0n) is 12.1. The minimum atomic E-state index is -0.110. The second kappa shape index (κ2) is 4.77. The molecule has 4 nitrogen and oxygen atoms in total. The number of carbonyl (C=O) groups excluding carboxylic acids is 1. The van der Waals surface area contributed by atoms with Crippen molar-refractivity contribution in [3.05, 3.63) is 66.0 Å². The molecule has 3 N–H and O–H groups in total. The third kappa shape index (κ3) is 1.89. The molecule has 2 aromatic carbocycles. The summed E-state index contributed by atoms with van der Waals surface area (Å²) >= 11 is 0. The molecule has 22 heavy (non-hydrogen) atoms. The number of benzene rings is 2. The standard InChI is InChI=1S/C18H15N3O/c1-11-16(13-6-2-3-8-15(13)20-11)21-18(22)14-7-4-5-12-9-10-19-17(12)14/h2-10,19-20H,1H3,(H,21,22). The molecule has 0 radical (unpaired) electrons. The number of rotatable bonds is 2. The van der Waals surface area contributed by atoms with Crippen LogP contribution in [0.5, 0.6) is 0 Å². The van der Waals surface area contributed by atoms with Gasteiger partial charge >= 0.3 is 0 Å². The lowest BCUT2D eigenvalue weighted by Crippen LogP contribution is -2.12. The molecule has 0 unspecified atom stereocenters. The van der Waals surface area contributed by atoms with Gasteiger partial charge in [0.25, 0.3) is 5.91 Å². The summed E-state index contributed by atoms with van der Waals surface area (Å²) in [6.07, 6.45) is 1.85. The van der Waals surface area contributed by atoms with Gasteiger partial charge < -0.3 is 15.3 Å². The SMILES string of the molecule is Cc1[nH]c2ccccc2c1NC(=O)c1cccc2cc[nH]c12. The monoisotopic (exact) mass is 289 g/mol. The molecule has 0 bridgehead atoms. The number of hydrogen-bond acceptors (Lipinski definition) is 1. The highest BCUT2D eigenvalue weighted by atomic mass is 16.1. The molecule has 0 fully saturated rings. The Morgan fingerprint density at radius 3 is 2.82 bits per heavy atom. The molecule has 2 heterocycles. The predicted octanol–water partition coefficient (Wildman–Crippen LogP) is 4.21. The summed E-state index contributed by atoms with van der Waals surface area (Å²) in [6, 6.07) is 15.6. The van der Waals surface area contributed by atoms with Gasteiger partial charge in [0.15, 0.2) is 0 Å². The van der Waals surface area contributed by atoms with E-state index in [9.17, 15) is 4.79 Å². The number of aromatic nitrogens is 2. The fourth-order valence-electron chi connectivity index (χ4n) is 2.89. The minimum absolute atomic E-state index is 0.110. The first-order chi connectivity index (χ1) is 10.7. The summed E-state index contributed by atoms with van der Waals surface area (Å²) in [6.45, 7) is 1.96. The number of anilines is 1. The van der Waals surface area contributed by atoms with Crippen LogP contribution in [0, 0.1) is 6.92 Å². The number of carbonyl (C=O) groups is 1. The van der Waals surface area contributed by atoms with Crippen molar-refractivity contribution in [2.75, 3.05) is 5.32 Å². The Balaban J connectivity index is 1.78. The largest absolute Gasteiger partial charge is 0.361 e. The Kier molecular flexibility index (Phi) is 2.76. The van der Waals surface area contributed by atoms with Gasteiger partial charge in [0.05, 0.1) is 16.8 Å². The lowest BCUT2D eigenvalue weighted by molar-refractivity contribution is 0.102. The Morgan fingerprint density at radius 2 is 1.91 bits per heavy atom. The van der Waals surface area contributed by atoms with Crippen molar-refractivity contribution in [3.8, 4) is 0 Å². The van der Waals surface area contributed by atoms with Gasteiger partial charge in [-0.15, -0.1) is 0 Å². The van der Waals surface area contributed by atoms with Gasteiger partial charge in [-0.25, -0.2) is 0 Å². The van der Waals surface area contributed by atoms with E-state index >= 15 is 0 Å². The lowest BCUT2D eigenvalue weighted by atomic mass is 10.1. The quantitative estimate of drug-likeness (QED) is 0.508. The number of aryl methyl sites for hydroxylation is 1. The molecule has 0 atom stereocenters. The van der Waals surface area contributed by atoms with Crippen LogP contribution in [-0.2, 0) is 0 Å². The Bertz CT molecular complexity index is 994. The van der Waals surface area contributed by atoms with E-state index < -0.39 is 0 Å². The first-order valence-corrected chi connectivity index (χ1v) is 7.19. The first kappa shape index (κ1) is 12.7. The smallest absolute Gasteiger partial charge is 0.257 e. The summed E-state index contributed by atoms with van der Waals surface area (Å²) in [4.78, 5) is 19.1. The van der Waals surface area contributed by atoms with Gasteiger partial charge in [-0.05, 0) is 25.1 Å². The fourth-order valence-corrected chi connectivity index (χ4v) is 2.89. The van der Waals surface area contributed by atoms with Crippen molar-refractivity contribution in [2.24, 2.45) is 0 Å². The highest BCUT2D eigenvalue weighted by Crippen LogP contribution is 2.28. The molecular formula is C18H15N3O. The van der Waals surface area contributed by atoms with E-state index in [-0.39, 0.29) is 5.91 Å². The maximum Gasteiger partial charge on any atom is 0.257 e. The highest BCUT2D eigenvalue weighted by molar-refractivity contribution is 6.14. The Labute approximate surface area is 127 Å². The number of nitrogens with one attached hydrogen (secondary N) is 3. The maximum atomic E-state index is 12.7. The van der Waals surface area contributed by atoms with Gasteiger partial charge in [-0.2, -0.15) is 0 Å². The van der Waals surface area contributed by atoms with Crippen molar-refractivity contribution in [1.82, 2.24) is 9.97 Å². The van der Waals surface area contributed by atoms with Crippen molar-refractivity contribution in [1.29, 1.82) is 0 Å². The molecule has 0 aliphatic carbocycles. The predicted molar refractivity (Wildman–Crippen MR) is 89.3 cm³/mol. The third-order valence-corrected chi connectivity index (χ3v) is 3.96. The van der Waals surface area contributed by atoms with E-state index in [0.717, 1.165) is 33.2 Å². The van der Waals surface area contributed by atoms with Gasteiger partial charge in [-0.3, -0.25) is 4.79 Å². The topological polar surface area (TPSA) is 60.7 Å². The molecule has 0 saturated carbocycles. The molecular weight excluding hydrogens is 274 g/mol. The maximum absolute atomic E-state index is 12.7. The fraction of sp³-hybridized carbons (Fsp3) is 0.0556. The number of aromatic amines is 2. The lowest BCUT2D eigenvalue weighted by Gasteiger charge is -2.07. The molecule has 1 amide bonds. The molecule has 4 heteroatoms. The molecule has 4 rings (SSSR count). The molecule has 0 aliphatic rings. The number of amides is 1. The van der Waals surface area contributed by atoms with Crippen LogP contribution < -0.4 is 5.32 Å². The van der Waals surface area contributed by atoms with Crippen LogP contribution in [-0.4, -0.2) is 15.9 Å². The molecule has 0 spiro atoms. The second-order valence-electron chi connectivity index (χ2n) is 5.37. The van der Waals surface area contributed by atoms with Crippen LogP contribution in [0.4, 0.5) is 5.69 Å². The molecule has 0 saturated heterocycles. The van der Waals surface area contributed by atoms with Gasteiger partial charge in [0.1, 0.15) is 0 Å². The van der Waals surface area contributed by atoms with E-state index in [0.29, 0.717) is 5.56 Å². The number of fused-ring (bicyclic) bond motifs is 2. The zero-order chi connectivity index (χ0) is 15.1. The van der Waals surface area contributed by atoms with Gasteiger partial charge in [-0.1, -0.05) is 30.3 Å². The molecule has 0 aliphatic heterocycles. The number of H-pyrrole nitrogens is 2. The molecule has 2 aromatic heterocycles. The van der Waals surface area contributed by atoms with E-state index in [4.69, 9.17) is 0 Å². The van der Waals surface area contributed by atoms with Crippen LogP contribution in [0.2, 0.25) is 0 Å². The van der Waals surface area contributed by atoms with Crippen LogP contribution in [0.3, 0.4) is 0 Å². The average Bonchev–Trinajstić information content (AvgIpc) is 3.12. The zero-order valence-corrected chi connectivity index (χ0v) is 12.1. The van der Waals surface area contributed by atoms with Crippen molar-refractivity contribution in [3.63, 3.8) is 0 Å². The summed E-state index contributed by atoms with van der Waals surface area (Å²) in [5.74, 6) is -0.110. The number of hydrogen-bond donors (Lipinski definition) is 3. The van der Waals surface area contributed by atoms with Crippen molar-refractivity contribution >= 4 is 33.4 Å². The van der Waals surface area contributed by atoms with Crippen LogP contribution >= 0.6 is 0 Å². The van der Waals surface area contributed by atoms with E-state index in [2.05, 4.69) is 15.3 Å². The normalized spacial score (nSPS) is 11.1. The summed E-state index contributed by atoms with van der Waals surface area (Å²) < 4.78 is 0. The average molecular weight is 289 g/mol. The summed E-state index contributed by atoms with van der Waals surface area (Å²) in [5, 5.41) is 5.09. The van der Waals surface area contributed by atoms with Crippen LogP contribution in [0.1, 0.15) is 16.1 Å². The highest BCUT2D eigenvalue weighted by Gasteiger charge is 2.15. The summed E-state index contributed by atoms with van der Waals surface area (Å²) in [5.41, 5.74) is 4.32. The van der Waals surface area contributed by atoms with Gasteiger partial charge in [0.2, 0.25) is 0 Å². The van der Waals surface area contributed by atoms with Crippen LogP contribution in [0.15, 0.2) is 54.7 Å². The van der Waals surface area contributed by atoms with E-state index in [1.54, 1.807) is 0 Å². The van der Waals surface area contributed by atoms with Crippen molar-refractivity contribution in [2.45, 2.75) is 6.92 Å². The first-order valence-electron chi connectivity index (χ1n) is 7.19. The molecule has 108 valence electrons. The second-order valence-corrected chi connectivity index (χ2v) is 5.37.